The van der Waals surface area contributed by atoms with Crippen molar-refractivity contribution in [1.82, 2.24) is 10.2 Å². The molecule has 1 aromatic carbocycles. The summed E-state index contributed by atoms with van der Waals surface area (Å²) in [5, 5.41) is 3.13. The molecule has 1 spiro atoms. The Balaban J connectivity index is 1.43. The monoisotopic (exact) mass is 388 g/mol. The molecule has 1 aromatic rings. The van der Waals surface area contributed by atoms with Crippen molar-refractivity contribution in [3.8, 4) is 0 Å². The van der Waals surface area contributed by atoms with E-state index in [-0.39, 0.29) is 23.7 Å². The van der Waals surface area contributed by atoms with Crippen LogP contribution in [-0.4, -0.2) is 35.3 Å². The SMILES string of the molecule is O=C1CCC[C@]2(CN(C(=O)C3[C@H]4CCCC[C@@H]34)C[C@H]2c2ccc(F)c(F)c2)N1. The lowest BCUT2D eigenvalue weighted by Crippen LogP contribution is -2.56. The van der Waals surface area contributed by atoms with Crippen molar-refractivity contribution in [3.63, 3.8) is 0 Å². The van der Waals surface area contributed by atoms with Gasteiger partial charge in [-0.15, -0.1) is 0 Å². The minimum atomic E-state index is -0.882. The zero-order chi connectivity index (χ0) is 19.5. The maximum Gasteiger partial charge on any atom is 0.226 e. The molecule has 0 bridgehead atoms. The Labute approximate surface area is 163 Å². The summed E-state index contributed by atoms with van der Waals surface area (Å²) in [6, 6.07) is 3.97. The molecule has 1 unspecified atom stereocenters. The molecule has 4 aliphatic rings. The first-order valence-electron chi connectivity index (χ1n) is 10.5. The van der Waals surface area contributed by atoms with Gasteiger partial charge in [-0.25, -0.2) is 8.78 Å². The van der Waals surface area contributed by atoms with Crippen LogP contribution >= 0.6 is 0 Å². The number of amides is 2. The molecular formula is C22H26F2N2O2. The van der Waals surface area contributed by atoms with E-state index in [1.54, 1.807) is 6.07 Å². The number of piperidine rings is 1. The number of rotatable bonds is 2. The van der Waals surface area contributed by atoms with Crippen LogP contribution in [-0.2, 0) is 9.59 Å². The number of fused-ring (bicyclic) bond motifs is 1. The highest BCUT2D eigenvalue weighted by molar-refractivity contribution is 5.84. The summed E-state index contributed by atoms with van der Waals surface area (Å²) in [7, 11) is 0. The van der Waals surface area contributed by atoms with Crippen molar-refractivity contribution in [1.29, 1.82) is 0 Å². The van der Waals surface area contributed by atoms with Gasteiger partial charge in [-0.05, 0) is 55.2 Å². The van der Waals surface area contributed by atoms with Gasteiger partial charge in [-0.3, -0.25) is 9.59 Å². The van der Waals surface area contributed by atoms with Crippen LogP contribution in [0.3, 0.4) is 0 Å². The van der Waals surface area contributed by atoms with Crippen LogP contribution in [0.25, 0.3) is 0 Å². The molecule has 2 aliphatic carbocycles. The fraction of sp³-hybridized carbons (Fsp3) is 0.636. The summed E-state index contributed by atoms with van der Waals surface area (Å²) in [6.45, 7) is 0.928. The molecule has 0 radical (unpaired) electrons. The number of benzene rings is 1. The van der Waals surface area contributed by atoms with Crippen molar-refractivity contribution in [2.24, 2.45) is 17.8 Å². The van der Waals surface area contributed by atoms with Gasteiger partial charge in [0.15, 0.2) is 11.6 Å². The molecule has 2 heterocycles. The van der Waals surface area contributed by atoms with Crippen LogP contribution in [0.15, 0.2) is 18.2 Å². The number of nitrogens with one attached hydrogen (secondary N) is 1. The first kappa shape index (κ1) is 18.1. The molecule has 6 heteroatoms. The minimum absolute atomic E-state index is 0.0202. The maximum atomic E-state index is 13.9. The van der Waals surface area contributed by atoms with E-state index in [0.717, 1.165) is 31.7 Å². The average molecular weight is 388 g/mol. The van der Waals surface area contributed by atoms with E-state index in [9.17, 15) is 18.4 Å². The van der Waals surface area contributed by atoms with Gasteiger partial charge in [-0.2, -0.15) is 0 Å². The molecule has 2 saturated heterocycles. The second-order valence-electron chi connectivity index (χ2n) is 9.14. The summed E-state index contributed by atoms with van der Waals surface area (Å²) < 4.78 is 27.4. The highest BCUT2D eigenvalue weighted by Crippen LogP contribution is 2.57. The third-order valence-electron chi connectivity index (χ3n) is 7.56. The normalized spacial score (nSPS) is 36.9. The molecule has 1 N–H and O–H groups in total. The molecular weight excluding hydrogens is 362 g/mol. The molecule has 150 valence electrons. The predicted molar refractivity (Wildman–Crippen MR) is 99.3 cm³/mol. The van der Waals surface area contributed by atoms with Crippen LogP contribution in [0.4, 0.5) is 8.78 Å². The molecule has 0 aromatic heterocycles. The number of hydrogen-bond acceptors (Lipinski definition) is 2. The van der Waals surface area contributed by atoms with Crippen LogP contribution in [0.2, 0.25) is 0 Å². The Morgan fingerprint density at radius 2 is 1.86 bits per heavy atom. The third kappa shape index (κ3) is 2.83. The van der Waals surface area contributed by atoms with Crippen LogP contribution in [0, 0.1) is 29.4 Å². The summed E-state index contributed by atoms with van der Waals surface area (Å²) in [5.41, 5.74) is 0.0830. The van der Waals surface area contributed by atoms with Gasteiger partial charge in [-0.1, -0.05) is 18.9 Å². The number of nitrogens with zero attached hydrogens (tertiary/aromatic N) is 1. The molecule has 2 amide bonds. The maximum absolute atomic E-state index is 13.9. The fourth-order valence-electron chi connectivity index (χ4n) is 6.15. The lowest BCUT2D eigenvalue weighted by Gasteiger charge is -2.39. The van der Waals surface area contributed by atoms with Crippen LogP contribution in [0.1, 0.15) is 56.4 Å². The van der Waals surface area contributed by atoms with Gasteiger partial charge in [0.2, 0.25) is 11.8 Å². The van der Waals surface area contributed by atoms with Gasteiger partial charge >= 0.3 is 0 Å². The lowest BCUT2D eigenvalue weighted by molar-refractivity contribution is -0.133. The number of carbonyl (C=O) groups is 2. The Kier molecular flexibility index (Phi) is 4.21. The standard InChI is InChI=1S/C22H26F2N2O2/c23-17-8-7-13(10-18(17)24)16-11-26(12-22(16)9-3-6-19(27)25-22)21(28)20-14-4-1-2-5-15(14)20/h7-8,10,14-16,20H,1-6,9,11-12H2,(H,25,27)/t14-,15+,16-,20?,22+/m0/s1. The van der Waals surface area contributed by atoms with E-state index in [1.165, 1.54) is 18.9 Å². The van der Waals surface area contributed by atoms with Crippen molar-refractivity contribution >= 4 is 11.8 Å². The number of hydrogen-bond donors (Lipinski definition) is 1. The first-order valence-corrected chi connectivity index (χ1v) is 10.5. The number of carbonyl (C=O) groups excluding carboxylic acids is 2. The third-order valence-corrected chi connectivity index (χ3v) is 7.56. The number of likely N-dealkylation sites (tertiary alicyclic amines) is 1. The van der Waals surface area contributed by atoms with E-state index >= 15 is 0 Å². The topological polar surface area (TPSA) is 49.4 Å². The number of halogens is 2. The van der Waals surface area contributed by atoms with Crippen LogP contribution in [0.5, 0.6) is 0 Å². The second kappa shape index (κ2) is 6.53. The van der Waals surface area contributed by atoms with Crippen LogP contribution < -0.4 is 5.32 Å². The summed E-state index contributed by atoms with van der Waals surface area (Å²) >= 11 is 0. The summed E-state index contributed by atoms with van der Waals surface area (Å²) in [6.07, 6.45) is 6.69. The lowest BCUT2D eigenvalue weighted by atomic mass is 9.76. The highest BCUT2D eigenvalue weighted by Gasteiger charge is 2.59. The van der Waals surface area contributed by atoms with E-state index in [2.05, 4.69) is 5.32 Å². The predicted octanol–water partition coefficient (Wildman–Crippen LogP) is 3.37. The summed E-state index contributed by atoms with van der Waals surface area (Å²) in [4.78, 5) is 27.3. The Morgan fingerprint density at radius 3 is 2.54 bits per heavy atom. The van der Waals surface area contributed by atoms with Gasteiger partial charge in [0.25, 0.3) is 0 Å². The molecule has 2 aliphatic heterocycles. The molecule has 2 saturated carbocycles. The fourth-order valence-corrected chi connectivity index (χ4v) is 6.15. The van der Waals surface area contributed by atoms with Crippen molar-refractivity contribution in [3.05, 3.63) is 35.4 Å². The smallest absolute Gasteiger partial charge is 0.226 e. The van der Waals surface area contributed by atoms with E-state index in [1.807, 2.05) is 4.90 Å². The molecule has 4 nitrogen and oxygen atoms in total. The Morgan fingerprint density at radius 1 is 1.11 bits per heavy atom. The molecule has 5 rings (SSSR count). The van der Waals surface area contributed by atoms with E-state index < -0.39 is 17.2 Å². The highest BCUT2D eigenvalue weighted by atomic mass is 19.2. The first-order chi connectivity index (χ1) is 13.5. The zero-order valence-electron chi connectivity index (χ0n) is 15.9. The minimum Gasteiger partial charge on any atom is -0.348 e. The average Bonchev–Trinajstić information content (AvgIpc) is 3.31. The Bertz CT molecular complexity index is 817. The van der Waals surface area contributed by atoms with Crippen molar-refractivity contribution in [2.45, 2.75) is 56.4 Å². The largest absolute Gasteiger partial charge is 0.348 e. The molecule has 5 atom stereocenters. The van der Waals surface area contributed by atoms with Gasteiger partial charge in [0.05, 0.1) is 5.54 Å². The molecule has 4 fully saturated rings. The van der Waals surface area contributed by atoms with Gasteiger partial charge in [0, 0.05) is 31.3 Å². The van der Waals surface area contributed by atoms with Crippen molar-refractivity contribution < 1.29 is 18.4 Å². The van der Waals surface area contributed by atoms with E-state index in [0.29, 0.717) is 36.9 Å². The van der Waals surface area contributed by atoms with Gasteiger partial charge in [0.1, 0.15) is 0 Å². The van der Waals surface area contributed by atoms with Crippen molar-refractivity contribution in [2.75, 3.05) is 13.1 Å². The van der Waals surface area contributed by atoms with E-state index in [4.69, 9.17) is 0 Å². The molecule has 28 heavy (non-hydrogen) atoms. The zero-order valence-corrected chi connectivity index (χ0v) is 15.9. The second-order valence-corrected chi connectivity index (χ2v) is 9.14. The quantitative estimate of drug-likeness (QED) is 0.845. The Hall–Kier alpha value is -1.98. The van der Waals surface area contributed by atoms with Gasteiger partial charge < -0.3 is 10.2 Å². The summed E-state index contributed by atoms with van der Waals surface area (Å²) in [5.74, 6) is -0.610.